The Kier molecular flexibility index (Phi) is 7.13. The van der Waals surface area contributed by atoms with Gasteiger partial charge >= 0.3 is 0 Å². The van der Waals surface area contributed by atoms with Crippen LogP contribution in [0.5, 0.6) is 0 Å². The van der Waals surface area contributed by atoms with Crippen molar-refractivity contribution in [1.82, 2.24) is 5.32 Å². The predicted octanol–water partition coefficient (Wildman–Crippen LogP) is 4.78. The zero-order valence-electron chi connectivity index (χ0n) is 18.1. The fourth-order valence-corrected chi connectivity index (χ4v) is 4.63. The molecule has 0 radical (unpaired) electrons. The molecule has 3 aromatic carbocycles. The Labute approximate surface area is 184 Å². The van der Waals surface area contributed by atoms with E-state index in [2.05, 4.69) is 5.32 Å². The molecule has 1 amide bonds. The highest BCUT2D eigenvalue weighted by atomic mass is 32.2. The number of anilines is 1. The van der Waals surface area contributed by atoms with E-state index in [0.29, 0.717) is 17.8 Å². The Balaban J connectivity index is 2.09. The standard InChI is InChI=1S/C25H28N2O3S/c1-19(2)17-26-25(28)23-11-7-8-12-24(23)27(18-21-9-5-4-6-10-21)31(29,30)22-15-13-20(3)14-16-22/h4-16,19H,17-18H2,1-3H3,(H,26,28). The van der Waals surface area contributed by atoms with Gasteiger partial charge in [0, 0.05) is 6.54 Å². The Morgan fingerprint density at radius 3 is 2.16 bits per heavy atom. The number of hydrogen-bond donors (Lipinski definition) is 1. The average molecular weight is 437 g/mol. The van der Waals surface area contributed by atoms with E-state index in [0.717, 1.165) is 11.1 Å². The number of benzene rings is 3. The number of nitrogens with one attached hydrogen (secondary N) is 1. The van der Waals surface area contributed by atoms with Gasteiger partial charge in [0.2, 0.25) is 0 Å². The summed E-state index contributed by atoms with van der Waals surface area (Å²) in [5.41, 5.74) is 2.49. The molecular weight excluding hydrogens is 408 g/mol. The summed E-state index contributed by atoms with van der Waals surface area (Å²) in [4.78, 5) is 13.1. The number of aryl methyl sites for hydroxylation is 1. The van der Waals surface area contributed by atoms with E-state index in [1.165, 1.54) is 4.31 Å². The van der Waals surface area contributed by atoms with Crippen molar-refractivity contribution in [2.24, 2.45) is 5.92 Å². The van der Waals surface area contributed by atoms with Crippen LogP contribution < -0.4 is 9.62 Å². The second-order valence-electron chi connectivity index (χ2n) is 7.93. The van der Waals surface area contributed by atoms with Crippen LogP contribution in [0.25, 0.3) is 0 Å². The molecule has 0 heterocycles. The van der Waals surface area contributed by atoms with Crippen LogP contribution in [0.2, 0.25) is 0 Å². The molecule has 1 N–H and O–H groups in total. The number of para-hydroxylation sites is 1. The van der Waals surface area contributed by atoms with Crippen LogP contribution in [0, 0.1) is 12.8 Å². The first kappa shape index (κ1) is 22.6. The maximum absolute atomic E-state index is 13.7. The first-order chi connectivity index (χ1) is 14.8. The van der Waals surface area contributed by atoms with Crippen molar-refractivity contribution in [3.8, 4) is 0 Å². The van der Waals surface area contributed by atoms with E-state index in [-0.39, 0.29) is 23.3 Å². The Morgan fingerprint density at radius 2 is 1.52 bits per heavy atom. The number of carbonyl (C=O) groups excluding carboxylic acids is 1. The zero-order valence-corrected chi connectivity index (χ0v) is 18.9. The molecule has 0 aromatic heterocycles. The van der Waals surface area contributed by atoms with Crippen molar-refractivity contribution in [3.05, 3.63) is 95.6 Å². The molecule has 0 fully saturated rings. The van der Waals surface area contributed by atoms with Crippen LogP contribution in [-0.4, -0.2) is 20.9 Å². The third-order valence-electron chi connectivity index (χ3n) is 4.87. The summed E-state index contributed by atoms with van der Waals surface area (Å²) in [5, 5.41) is 2.90. The lowest BCUT2D eigenvalue weighted by Gasteiger charge is -2.27. The number of sulfonamides is 1. The summed E-state index contributed by atoms with van der Waals surface area (Å²) in [6.45, 7) is 6.56. The fourth-order valence-electron chi connectivity index (χ4n) is 3.16. The molecule has 3 rings (SSSR count). The maximum Gasteiger partial charge on any atom is 0.264 e. The largest absolute Gasteiger partial charge is 0.352 e. The van der Waals surface area contributed by atoms with E-state index >= 15 is 0 Å². The van der Waals surface area contributed by atoms with Gasteiger partial charge in [-0.05, 0) is 42.7 Å². The summed E-state index contributed by atoms with van der Waals surface area (Å²) in [6, 6.07) is 22.9. The number of amides is 1. The topological polar surface area (TPSA) is 66.5 Å². The molecule has 0 spiro atoms. The first-order valence-electron chi connectivity index (χ1n) is 10.3. The highest BCUT2D eigenvalue weighted by Gasteiger charge is 2.28. The Hall–Kier alpha value is -3.12. The summed E-state index contributed by atoms with van der Waals surface area (Å²) in [7, 11) is -3.90. The van der Waals surface area contributed by atoms with Crippen molar-refractivity contribution in [1.29, 1.82) is 0 Å². The maximum atomic E-state index is 13.7. The van der Waals surface area contributed by atoms with E-state index in [9.17, 15) is 13.2 Å². The molecule has 0 aliphatic rings. The molecule has 3 aromatic rings. The van der Waals surface area contributed by atoms with Crippen molar-refractivity contribution >= 4 is 21.6 Å². The summed E-state index contributed by atoms with van der Waals surface area (Å²) in [6.07, 6.45) is 0. The van der Waals surface area contributed by atoms with E-state index in [1.54, 1.807) is 48.5 Å². The Bertz CT molecular complexity index is 1120. The van der Waals surface area contributed by atoms with Crippen molar-refractivity contribution < 1.29 is 13.2 Å². The van der Waals surface area contributed by atoms with Gasteiger partial charge in [-0.3, -0.25) is 9.10 Å². The fraction of sp³-hybridized carbons (Fsp3) is 0.240. The van der Waals surface area contributed by atoms with Gasteiger partial charge in [-0.2, -0.15) is 0 Å². The predicted molar refractivity (Wildman–Crippen MR) is 125 cm³/mol. The van der Waals surface area contributed by atoms with Gasteiger partial charge in [0.1, 0.15) is 0 Å². The molecular formula is C25H28N2O3S. The molecule has 0 saturated carbocycles. The minimum absolute atomic E-state index is 0.117. The average Bonchev–Trinajstić information content (AvgIpc) is 2.76. The molecule has 0 bridgehead atoms. The molecule has 31 heavy (non-hydrogen) atoms. The van der Waals surface area contributed by atoms with Gasteiger partial charge in [0.05, 0.1) is 22.7 Å². The highest BCUT2D eigenvalue weighted by Crippen LogP contribution is 2.29. The summed E-state index contributed by atoms with van der Waals surface area (Å²) in [5.74, 6) is -0.00528. The van der Waals surface area contributed by atoms with Gasteiger partial charge in [-0.15, -0.1) is 0 Å². The van der Waals surface area contributed by atoms with E-state index in [4.69, 9.17) is 0 Å². The number of rotatable bonds is 8. The van der Waals surface area contributed by atoms with Gasteiger partial charge in [-0.25, -0.2) is 8.42 Å². The monoisotopic (exact) mass is 436 g/mol. The number of hydrogen-bond acceptors (Lipinski definition) is 3. The van der Waals surface area contributed by atoms with Crippen molar-refractivity contribution in [2.45, 2.75) is 32.2 Å². The lowest BCUT2D eigenvalue weighted by molar-refractivity contribution is 0.0949. The van der Waals surface area contributed by atoms with Gasteiger partial charge in [0.25, 0.3) is 15.9 Å². The molecule has 0 aliphatic heterocycles. The molecule has 5 nitrogen and oxygen atoms in total. The second kappa shape index (κ2) is 9.79. The molecule has 0 saturated heterocycles. The lowest BCUT2D eigenvalue weighted by Crippen LogP contribution is -2.34. The van der Waals surface area contributed by atoms with Crippen LogP contribution in [0.15, 0.2) is 83.8 Å². The minimum atomic E-state index is -3.90. The molecule has 162 valence electrons. The van der Waals surface area contributed by atoms with Gasteiger partial charge < -0.3 is 5.32 Å². The van der Waals surface area contributed by atoms with Crippen molar-refractivity contribution in [2.75, 3.05) is 10.8 Å². The van der Waals surface area contributed by atoms with Crippen LogP contribution in [0.3, 0.4) is 0 Å². The highest BCUT2D eigenvalue weighted by molar-refractivity contribution is 7.92. The summed E-state index contributed by atoms with van der Waals surface area (Å²) >= 11 is 0. The molecule has 0 aliphatic carbocycles. The zero-order chi connectivity index (χ0) is 22.4. The molecule has 0 atom stereocenters. The third kappa shape index (κ3) is 5.52. The van der Waals surface area contributed by atoms with Crippen molar-refractivity contribution in [3.63, 3.8) is 0 Å². The third-order valence-corrected chi connectivity index (χ3v) is 6.64. The SMILES string of the molecule is Cc1ccc(S(=O)(=O)N(Cc2ccccc2)c2ccccc2C(=O)NCC(C)C)cc1. The van der Waals surface area contributed by atoms with Crippen LogP contribution in [0.1, 0.15) is 35.3 Å². The lowest BCUT2D eigenvalue weighted by atomic mass is 10.1. The van der Waals surface area contributed by atoms with Crippen LogP contribution in [-0.2, 0) is 16.6 Å². The normalized spacial score (nSPS) is 11.4. The van der Waals surface area contributed by atoms with Crippen LogP contribution in [0.4, 0.5) is 5.69 Å². The van der Waals surface area contributed by atoms with E-state index in [1.807, 2.05) is 51.1 Å². The number of nitrogens with zero attached hydrogens (tertiary/aromatic N) is 1. The summed E-state index contributed by atoms with van der Waals surface area (Å²) < 4.78 is 28.7. The number of carbonyl (C=O) groups is 1. The van der Waals surface area contributed by atoms with Gasteiger partial charge in [0.15, 0.2) is 0 Å². The first-order valence-corrected chi connectivity index (χ1v) is 11.7. The second-order valence-corrected chi connectivity index (χ2v) is 9.79. The minimum Gasteiger partial charge on any atom is -0.352 e. The van der Waals surface area contributed by atoms with Crippen LogP contribution >= 0.6 is 0 Å². The van der Waals surface area contributed by atoms with Gasteiger partial charge in [-0.1, -0.05) is 74.0 Å². The Morgan fingerprint density at radius 1 is 0.903 bits per heavy atom. The quantitative estimate of drug-likeness (QED) is 0.553. The van der Waals surface area contributed by atoms with E-state index < -0.39 is 10.0 Å². The molecule has 0 unspecified atom stereocenters. The smallest absolute Gasteiger partial charge is 0.264 e. The molecule has 6 heteroatoms.